The number of carbonyl (C=O) groups excluding carboxylic acids is 1. The smallest absolute Gasteiger partial charge is 0.226 e. The van der Waals surface area contributed by atoms with Crippen LogP contribution in [-0.4, -0.2) is 48.8 Å². The summed E-state index contributed by atoms with van der Waals surface area (Å²) in [4.78, 5) is 14.4. The lowest BCUT2D eigenvalue weighted by atomic mass is 10.1. The monoisotopic (exact) mass is 293 g/mol. The number of carbonyl (C=O) groups is 1. The lowest BCUT2D eigenvalue weighted by molar-refractivity contribution is -0.136. The van der Waals surface area contributed by atoms with Gasteiger partial charge in [0, 0.05) is 5.92 Å². The van der Waals surface area contributed by atoms with Crippen LogP contribution in [0, 0.1) is 5.92 Å². The van der Waals surface area contributed by atoms with Gasteiger partial charge in [-0.15, -0.1) is 5.10 Å². The molecule has 0 unspecified atom stereocenters. The van der Waals surface area contributed by atoms with E-state index in [4.69, 9.17) is 0 Å². The molecule has 1 aliphatic carbocycles. The molecule has 7 heteroatoms. The average molecular weight is 293 g/mol. The Bertz CT molecular complexity index is 532. The zero-order valence-electron chi connectivity index (χ0n) is 12.9. The minimum absolute atomic E-state index is 0.00600. The van der Waals surface area contributed by atoms with Crippen LogP contribution in [0.25, 0.3) is 0 Å². The van der Waals surface area contributed by atoms with Gasteiger partial charge in [-0.1, -0.05) is 0 Å². The Balaban J connectivity index is 1.93. The summed E-state index contributed by atoms with van der Waals surface area (Å²) in [5.41, 5.74) is -0.232. The number of amides is 1. The second kappa shape index (κ2) is 5.05. The second-order valence-corrected chi connectivity index (χ2v) is 7.07. The highest BCUT2D eigenvalue weighted by atomic mass is 16.3. The molecule has 21 heavy (non-hydrogen) atoms. The summed E-state index contributed by atoms with van der Waals surface area (Å²) >= 11 is 0. The van der Waals surface area contributed by atoms with Crippen LogP contribution in [0.15, 0.2) is 0 Å². The predicted octanol–water partition coefficient (Wildman–Crippen LogP) is 0.862. The van der Waals surface area contributed by atoms with Gasteiger partial charge >= 0.3 is 0 Å². The van der Waals surface area contributed by atoms with E-state index in [2.05, 4.69) is 15.5 Å². The summed E-state index contributed by atoms with van der Waals surface area (Å²) in [6.45, 7) is 6.13. The topological polar surface area (TPSA) is 84.1 Å². The Morgan fingerprint density at radius 1 is 1.29 bits per heavy atom. The van der Waals surface area contributed by atoms with E-state index in [1.807, 2.05) is 25.7 Å². The fourth-order valence-electron chi connectivity index (χ4n) is 3.07. The van der Waals surface area contributed by atoms with E-state index >= 15 is 0 Å². The van der Waals surface area contributed by atoms with Crippen molar-refractivity contribution in [1.29, 1.82) is 0 Å². The number of aliphatic hydroxyl groups is 1. The first-order chi connectivity index (χ1) is 9.93. The third-order valence-electron chi connectivity index (χ3n) is 4.32. The van der Waals surface area contributed by atoms with Gasteiger partial charge in [0.25, 0.3) is 0 Å². The first-order valence-electron chi connectivity index (χ1n) is 7.65. The Morgan fingerprint density at radius 3 is 2.57 bits per heavy atom. The normalized spacial score (nSPS) is 26.4. The molecule has 2 atom stereocenters. The number of hydrogen-bond donors (Lipinski definition) is 1. The van der Waals surface area contributed by atoms with Crippen molar-refractivity contribution in [3.63, 3.8) is 0 Å². The first-order valence-corrected chi connectivity index (χ1v) is 7.65. The predicted molar refractivity (Wildman–Crippen MR) is 75.2 cm³/mol. The molecule has 1 saturated carbocycles. The molecule has 1 aromatic heterocycles. The third-order valence-corrected chi connectivity index (χ3v) is 4.32. The van der Waals surface area contributed by atoms with Crippen LogP contribution in [0.4, 0.5) is 0 Å². The third kappa shape index (κ3) is 2.54. The number of rotatable bonds is 3. The quantitative estimate of drug-likeness (QED) is 0.893. The summed E-state index contributed by atoms with van der Waals surface area (Å²) in [7, 11) is 0. The maximum absolute atomic E-state index is 12.6. The Morgan fingerprint density at radius 2 is 2.00 bits per heavy atom. The zero-order valence-corrected chi connectivity index (χ0v) is 12.9. The molecular formula is C14H23N5O2. The van der Waals surface area contributed by atoms with Crippen LogP contribution in [0.3, 0.4) is 0 Å². The van der Waals surface area contributed by atoms with Gasteiger partial charge in [-0.3, -0.25) is 4.79 Å². The first kappa shape index (κ1) is 14.4. The highest BCUT2D eigenvalue weighted by Gasteiger charge is 2.45. The van der Waals surface area contributed by atoms with Crippen molar-refractivity contribution in [3.05, 3.63) is 5.82 Å². The van der Waals surface area contributed by atoms with Crippen molar-refractivity contribution >= 4 is 5.91 Å². The second-order valence-electron chi connectivity index (χ2n) is 7.07. The summed E-state index contributed by atoms with van der Waals surface area (Å²) in [6.07, 6.45) is 3.53. The molecule has 1 aromatic rings. The Kier molecular flexibility index (Phi) is 3.47. The van der Waals surface area contributed by atoms with Crippen LogP contribution >= 0.6 is 0 Å². The lowest BCUT2D eigenvalue weighted by Crippen LogP contribution is -2.41. The molecule has 2 heterocycles. The van der Waals surface area contributed by atoms with E-state index in [0.29, 0.717) is 0 Å². The molecule has 2 fully saturated rings. The van der Waals surface area contributed by atoms with Crippen molar-refractivity contribution in [2.75, 3.05) is 6.61 Å². The molecule has 0 aromatic carbocycles. The van der Waals surface area contributed by atoms with E-state index in [0.717, 1.165) is 31.5 Å². The van der Waals surface area contributed by atoms with Gasteiger partial charge in [-0.2, -0.15) is 0 Å². The molecule has 0 radical (unpaired) electrons. The Hall–Kier alpha value is -1.50. The van der Waals surface area contributed by atoms with Crippen LogP contribution in [0.5, 0.6) is 0 Å². The highest BCUT2D eigenvalue weighted by molar-refractivity contribution is 5.82. The van der Waals surface area contributed by atoms with Crippen molar-refractivity contribution in [2.24, 2.45) is 5.92 Å². The lowest BCUT2D eigenvalue weighted by Gasteiger charge is -2.30. The maximum Gasteiger partial charge on any atom is 0.226 e. The van der Waals surface area contributed by atoms with Crippen LogP contribution in [0.1, 0.15) is 58.3 Å². The van der Waals surface area contributed by atoms with Gasteiger partial charge in [0.2, 0.25) is 5.91 Å². The minimum atomic E-state index is -0.232. The number of nitrogens with zero attached hydrogens (tertiary/aromatic N) is 5. The maximum atomic E-state index is 12.6. The summed E-state index contributed by atoms with van der Waals surface area (Å²) in [6, 6.07) is -0.224. The number of aromatic nitrogens is 4. The van der Waals surface area contributed by atoms with Gasteiger partial charge in [0.05, 0.1) is 24.2 Å². The molecule has 116 valence electrons. The standard InChI is InChI=1S/C14H23N5O2/c1-14(2,3)19-12(15-16-17-19)11-7-6-10(8-20)18(11)13(21)9-4-5-9/h9-11,20H,4-8H2,1-3H3/t10-,11-/m0/s1. The van der Waals surface area contributed by atoms with E-state index in [1.165, 1.54) is 0 Å². The number of likely N-dealkylation sites (tertiary alicyclic amines) is 1. The molecular weight excluding hydrogens is 270 g/mol. The molecule has 1 saturated heterocycles. The highest BCUT2D eigenvalue weighted by Crippen LogP contribution is 2.41. The van der Waals surface area contributed by atoms with Gasteiger partial charge in [-0.05, 0) is 56.9 Å². The molecule has 0 spiro atoms. The molecule has 7 nitrogen and oxygen atoms in total. The van der Waals surface area contributed by atoms with E-state index < -0.39 is 0 Å². The van der Waals surface area contributed by atoms with E-state index in [1.54, 1.807) is 4.68 Å². The number of hydrogen-bond acceptors (Lipinski definition) is 5. The fourth-order valence-corrected chi connectivity index (χ4v) is 3.07. The van der Waals surface area contributed by atoms with E-state index in [-0.39, 0.29) is 36.1 Å². The molecule has 2 aliphatic rings. The van der Waals surface area contributed by atoms with Gasteiger partial charge < -0.3 is 10.0 Å². The molecule has 0 bridgehead atoms. The largest absolute Gasteiger partial charge is 0.394 e. The molecule has 1 aliphatic heterocycles. The molecule has 1 N–H and O–H groups in total. The van der Waals surface area contributed by atoms with Crippen molar-refractivity contribution in [2.45, 2.75) is 64.1 Å². The van der Waals surface area contributed by atoms with Crippen LogP contribution in [0.2, 0.25) is 0 Å². The number of tetrazole rings is 1. The van der Waals surface area contributed by atoms with Crippen LogP contribution < -0.4 is 0 Å². The zero-order chi connectivity index (χ0) is 15.2. The van der Waals surface area contributed by atoms with Gasteiger partial charge in [0.1, 0.15) is 0 Å². The van der Waals surface area contributed by atoms with Gasteiger partial charge in [-0.25, -0.2) is 4.68 Å². The summed E-state index contributed by atoms with van der Waals surface area (Å²) < 4.78 is 1.80. The number of aliphatic hydroxyl groups excluding tert-OH is 1. The average Bonchev–Trinajstić information content (AvgIpc) is 3.00. The Labute approximate surface area is 124 Å². The summed E-state index contributed by atoms with van der Waals surface area (Å²) in [5.74, 6) is 1.02. The van der Waals surface area contributed by atoms with Gasteiger partial charge in [0.15, 0.2) is 5.82 Å². The SMILES string of the molecule is CC(C)(C)n1nnnc1[C@@H]1CC[C@@H](CO)N1C(=O)C1CC1. The fraction of sp³-hybridized carbons (Fsp3) is 0.857. The van der Waals surface area contributed by atoms with E-state index in [9.17, 15) is 9.90 Å². The van der Waals surface area contributed by atoms with Crippen molar-refractivity contribution < 1.29 is 9.90 Å². The molecule has 1 amide bonds. The van der Waals surface area contributed by atoms with Crippen LogP contribution in [-0.2, 0) is 10.3 Å². The molecule has 3 rings (SSSR count). The summed E-state index contributed by atoms with van der Waals surface area (Å²) in [5, 5.41) is 21.6. The van der Waals surface area contributed by atoms with Crippen molar-refractivity contribution in [3.8, 4) is 0 Å². The van der Waals surface area contributed by atoms with Crippen molar-refractivity contribution in [1.82, 2.24) is 25.1 Å². The minimum Gasteiger partial charge on any atom is -0.394 e.